The first-order chi connectivity index (χ1) is 7.97. The van der Waals surface area contributed by atoms with Crippen molar-refractivity contribution < 1.29 is 17.5 Å². The highest BCUT2D eigenvalue weighted by Gasteiger charge is 2.06. The number of nitrogens with two attached hydrogens (primary N) is 1. The summed E-state index contributed by atoms with van der Waals surface area (Å²) in [6.07, 6.45) is 1.53. The highest BCUT2D eigenvalue weighted by molar-refractivity contribution is 7.90. The van der Waals surface area contributed by atoms with Gasteiger partial charge < -0.3 is 10.5 Å². The maximum Gasteiger partial charge on any atom is 0.175 e. The zero-order valence-electron chi connectivity index (χ0n) is 9.39. The number of rotatable bonds is 5. The van der Waals surface area contributed by atoms with Crippen LogP contribution in [0.3, 0.4) is 0 Å². The lowest BCUT2D eigenvalue weighted by atomic mass is 10.3. The molecule has 0 atom stereocenters. The van der Waals surface area contributed by atoms with Crippen molar-refractivity contribution in [3.63, 3.8) is 0 Å². The van der Waals surface area contributed by atoms with E-state index in [1.807, 2.05) is 0 Å². The van der Waals surface area contributed by atoms with Gasteiger partial charge in [0.2, 0.25) is 0 Å². The quantitative estimate of drug-likeness (QED) is 0.864. The van der Waals surface area contributed by atoms with Gasteiger partial charge in [-0.3, -0.25) is 0 Å². The van der Waals surface area contributed by atoms with Gasteiger partial charge in [-0.05, 0) is 24.3 Å². The van der Waals surface area contributed by atoms with E-state index >= 15 is 0 Å². The standard InChI is InChI=1S/C11H14FNO3S/c1-17(14,15)11-4-2-10(3-5-11)16-8-9(6-12)7-13/h2-6H,7-8,13H2,1H3/b9-6+. The summed E-state index contributed by atoms with van der Waals surface area (Å²) in [6.45, 7) is 0.128. The van der Waals surface area contributed by atoms with Crippen molar-refractivity contribution in [1.82, 2.24) is 0 Å². The molecular weight excluding hydrogens is 245 g/mol. The average Bonchev–Trinajstić information content (AvgIpc) is 2.30. The van der Waals surface area contributed by atoms with E-state index in [0.29, 0.717) is 17.7 Å². The molecule has 0 aromatic heterocycles. The van der Waals surface area contributed by atoms with E-state index in [-0.39, 0.29) is 18.0 Å². The van der Waals surface area contributed by atoms with Gasteiger partial charge in [-0.2, -0.15) is 0 Å². The van der Waals surface area contributed by atoms with Crippen molar-refractivity contribution in [3.8, 4) is 5.75 Å². The molecule has 1 aromatic carbocycles. The fraction of sp³-hybridized carbons (Fsp3) is 0.273. The topological polar surface area (TPSA) is 69.4 Å². The van der Waals surface area contributed by atoms with Crippen LogP contribution in [0.1, 0.15) is 0 Å². The maximum atomic E-state index is 12.2. The molecule has 0 saturated carbocycles. The molecule has 0 spiro atoms. The summed E-state index contributed by atoms with van der Waals surface area (Å²) in [5.74, 6) is 0.463. The molecule has 1 rings (SSSR count). The van der Waals surface area contributed by atoms with Crippen LogP contribution in [0.4, 0.5) is 4.39 Å². The molecule has 0 aliphatic rings. The molecule has 6 heteroatoms. The minimum Gasteiger partial charge on any atom is -0.489 e. The first kappa shape index (κ1) is 13.7. The van der Waals surface area contributed by atoms with Gasteiger partial charge >= 0.3 is 0 Å². The van der Waals surface area contributed by atoms with Gasteiger partial charge in [0.25, 0.3) is 0 Å². The highest BCUT2D eigenvalue weighted by atomic mass is 32.2. The van der Waals surface area contributed by atoms with Crippen LogP contribution in [0, 0.1) is 0 Å². The normalized spacial score (nSPS) is 12.5. The van der Waals surface area contributed by atoms with Gasteiger partial charge in [0.15, 0.2) is 9.84 Å². The summed E-state index contributed by atoms with van der Waals surface area (Å²) in [5.41, 5.74) is 5.59. The Labute approximate surface area is 99.8 Å². The van der Waals surface area contributed by atoms with Crippen LogP contribution in [-0.2, 0) is 9.84 Å². The first-order valence-corrected chi connectivity index (χ1v) is 6.77. The lowest BCUT2D eigenvalue weighted by molar-refractivity contribution is 0.347. The summed E-state index contributed by atoms with van der Waals surface area (Å²) in [6, 6.07) is 5.91. The third-order valence-corrected chi connectivity index (χ3v) is 3.22. The fourth-order valence-electron chi connectivity index (χ4n) is 1.09. The molecule has 0 aliphatic carbocycles. The molecule has 94 valence electrons. The minimum atomic E-state index is -3.21. The van der Waals surface area contributed by atoms with Crippen LogP contribution in [0.2, 0.25) is 0 Å². The number of ether oxygens (including phenoxy) is 1. The second-order valence-corrected chi connectivity index (χ2v) is 5.52. The molecule has 0 aliphatic heterocycles. The Hall–Kier alpha value is -1.40. The van der Waals surface area contributed by atoms with Crippen molar-refractivity contribution in [2.24, 2.45) is 5.73 Å². The Balaban J connectivity index is 2.70. The SMILES string of the molecule is CS(=O)(=O)c1ccc(OC/C(=C/F)CN)cc1. The zero-order valence-corrected chi connectivity index (χ0v) is 10.2. The van der Waals surface area contributed by atoms with Crippen molar-refractivity contribution in [2.45, 2.75) is 4.90 Å². The van der Waals surface area contributed by atoms with E-state index in [1.54, 1.807) is 0 Å². The summed E-state index contributed by atoms with van der Waals surface area (Å²) in [4.78, 5) is 0.213. The lowest BCUT2D eigenvalue weighted by Gasteiger charge is -2.07. The molecule has 0 heterocycles. The predicted octanol–water partition coefficient (Wildman–Crippen LogP) is 1.28. The number of sulfone groups is 1. The molecule has 2 N–H and O–H groups in total. The number of hydrogen-bond acceptors (Lipinski definition) is 4. The van der Waals surface area contributed by atoms with Crippen LogP contribution >= 0.6 is 0 Å². The van der Waals surface area contributed by atoms with Crippen LogP contribution in [0.15, 0.2) is 41.1 Å². The van der Waals surface area contributed by atoms with Crippen molar-refractivity contribution in [1.29, 1.82) is 0 Å². The molecule has 17 heavy (non-hydrogen) atoms. The van der Waals surface area contributed by atoms with E-state index in [9.17, 15) is 12.8 Å². The summed E-state index contributed by atoms with van der Waals surface area (Å²) in [7, 11) is -3.21. The second kappa shape index (κ2) is 5.79. The Kier molecular flexibility index (Phi) is 4.65. The zero-order chi connectivity index (χ0) is 12.9. The Morgan fingerprint density at radius 2 is 2.00 bits per heavy atom. The van der Waals surface area contributed by atoms with E-state index in [1.165, 1.54) is 24.3 Å². The maximum absolute atomic E-state index is 12.2. The molecule has 0 unspecified atom stereocenters. The largest absolute Gasteiger partial charge is 0.489 e. The summed E-state index contributed by atoms with van der Waals surface area (Å²) >= 11 is 0. The predicted molar refractivity (Wildman–Crippen MR) is 63.3 cm³/mol. The first-order valence-electron chi connectivity index (χ1n) is 4.88. The van der Waals surface area contributed by atoms with E-state index in [0.717, 1.165) is 6.26 Å². The molecule has 0 amide bonds. The fourth-order valence-corrected chi connectivity index (χ4v) is 1.72. The van der Waals surface area contributed by atoms with E-state index in [2.05, 4.69) is 0 Å². The molecule has 4 nitrogen and oxygen atoms in total. The highest BCUT2D eigenvalue weighted by Crippen LogP contribution is 2.16. The third kappa shape index (κ3) is 4.16. The monoisotopic (exact) mass is 259 g/mol. The number of halogens is 1. The second-order valence-electron chi connectivity index (χ2n) is 3.50. The van der Waals surface area contributed by atoms with E-state index < -0.39 is 9.84 Å². The Morgan fingerprint density at radius 1 is 1.41 bits per heavy atom. The average molecular weight is 259 g/mol. The van der Waals surface area contributed by atoms with Crippen LogP contribution in [0.5, 0.6) is 5.75 Å². The molecule has 0 fully saturated rings. The minimum absolute atomic E-state index is 0.0468. The van der Waals surface area contributed by atoms with Crippen LogP contribution in [-0.4, -0.2) is 27.8 Å². The van der Waals surface area contributed by atoms with Crippen LogP contribution < -0.4 is 10.5 Å². The lowest BCUT2D eigenvalue weighted by Crippen LogP contribution is -2.10. The van der Waals surface area contributed by atoms with Crippen molar-refractivity contribution >= 4 is 9.84 Å². The van der Waals surface area contributed by atoms with Gasteiger partial charge in [-0.25, -0.2) is 12.8 Å². The molecule has 0 bridgehead atoms. The Morgan fingerprint density at radius 3 is 2.41 bits per heavy atom. The number of benzene rings is 1. The Bertz CT molecular complexity index is 494. The van der Waals surface area contributed by atoms with Crippen LogP contribution in [0.25, 0.3) is 0 Å². The molecule has 0 radical (unpaired) electrons. The van der Waals surface area contributed by atoms with Crippen molar-refractivity contribution in [3.05, 3.63) is 36.2 Å². The van der Waals surface area contributed by atoms with Gasteiger partial charge in [-0.15, -0.1) is 0 Å². The summed E-state index contributed by atoms with van der Waals surface area (Å²) < 4.78 is 39.8. The molecular formula is C11H14FNO3S. The third-order valence-electron chi connectivity index (χ3n) is 2.09. The smallest absolute Gasteiger partial charge is 0.175 e. The number of hydrogen-bond donors (Lipinski definition) is 1. The van der Waals surface area contributed by atoms with Gasteiger partial charge in [0.05, 0.1) is 11.2 Å². The van der Waals surface area contributed by atoms with E-state index in [4.69, 9.17) is 10.5 Å². The molecule has 1 aromatic rings. The van der Waals surface area contributed by atoms with Crippen molar-refractivity contribution in [2.75, 3.05) is 19.4 Å². The van der Waals surface area contributed by atoms with Gasteiger partial charge in [0.1, 0.15) is 12.4 Å². The summed E-state index contributed by atoms with van der Waals surface area (Å²) in [5, 5.41) is 0. The van der Waals surface area contributed by atoms with Gasteiger partial charge in [0, 0.05) is 18.4 Å². The molecule has 0 saturated heterocycles. The van der Waals surface area contributed by atoms with Gasteiger partial charge in [-0.1, -0.05) is 0 Å².